The summed E-state index contributed by atoms with van der Waals surface area (Å²) < 4.78 is 0. The molecule has 0 heterocycles. The third kappa shape index (κ3) is 5.31. The van der Waals surface area contributed by atoms with Gasteiger partial charge < -0.3 is 4.90 Å². The molecule has 0 radical (unpaired) electrons. The van der Waals surface area contributed by atoms with Crippen molar-refractivity contribution in [2.75, 3.05) is 27.2 Å². The van der Waals surface area contributed by atoms with Crippen LogP contribution in [-0.4, -0.2) is 37.6 Å². The molecule has 3 heteroatoms. The van der Waals surface area contributed by atoms with E-state index in [1.165, 1.54) is 5.56 Å². The van der Waals surface area contributed by atoms with Crippen LogP contribution in [0.4, 0.5) is 0 Å². The standard InChI is InChI=1S/C15H23N3/c1-15(13-16,17-11-12-18(2)3)10-9-14-7-5-4-6-8-14/h4-8,17H,9-12H2,1-3H3. The summed E-state index contributed by atoms with van der Waals surface area (Å²) in [5.41, 5.74) is 0.847. The lowest BCUT2D eigenvalue weighted by Crippen LogP contribution is -2.44. The van der Waals surface area contributed by atoms with Crippen LogP contribution in [0, 0.1) is 11.3 Å². The molecule has 0 aromatic heterocycles. The molecule has 1 rings (SSSR count). The molecule has 1 aromatic carbocycles. The summed E-state index contributed by atoms with van der Waals surface area (Å²) in [6.45, 7) is 3.76. The van der Waals surface area contributed by atoms with E-state index in [0.29, 0.717) is 0 Å². The van der Waals surface area contributed by atoms with Gasteiger partial charge in [0.05, 0.1) is 6.07 Å². The van der Waals surface area contributed by atoms with E-state index in [0.717, 1.165) is 25.9 Å². The molecule has 0 amide bonds. The summed E-state index contributed by atoms with van der Waals surface area (Å²) in [5.74, 6) is 0. The van der Waals surface area contributed by atoms with Crippen LogP contribution >= 0.6 is 0 Å². The predicted octanol–water partition coefficient (Wildman–Crippen LogP) is 2.05. The Balaban J connectivity index is 2.43. The van der Waals surface area contributed by atoms with Crippen molar-refractivity contribution >= 4 is 0 Å². The highest BCUT2D eigenvalue weighted by atomic mass is 15.1. The zero-order valence-electron chi connectivity index (χ0n) is 11.6. The number of nitriles is 1. The van der Waals surface area contributed by atoms with E-state index in [9.17, 15) is 5.26 Å². The Bertz CT molecular complexity index is 380. The molecule has 0 saturated heterocycles. The third-order valence-corrected chi connectivity index (χ3v) is 3.08. The summed E-state index contributed by atoms with van der Waals surface area (Å²) >= 11 is 0. The largest absolute Gasteiger partial charge is 0.308 e. The SMILES string of the molecule is CN(C)CCNC(C)(C#N)CCc1ccccc1. The van der Waals surface area contributed by atoms with Crippen LogP contribution in [0.15, 0.2) is 30.3 Å². The molecule has 0 bridgehead atoms. The molecule has 0 aliphatic rings. The van der Waals surface area contributed by atoms with Crippen LogP contribution in [-0.2, 0) is 6.42 Å². The predicted molar refractivity (Wildman–Crippen MR) is 75.3 cm³/mol. The van der Waals surface area contributed by atoms with E-state index >= 15 is 0 Å². The number of hydrogen-bond acceptors (Lipinski definition) is 3. The van der Waals surface area contributed by atoms with Crippen molar-refractivity contribution in [1.29, 1.82) is 5.26 Å². The van der Waals surface area contributed by atoms with Crippen LogP contribution < -0.4 is 5.32 Å². The van der Waals surface area contributed by atoms with Crippen molar-refractivity contribution in [2.24, 2.45) is 0 Å². The first kappa shape index (κ1) is 14.7. The molecule has 98 valence electrons. The van der Waals surface area contributed by atoms with E-state index < -0.39 is 5.54 Å². The molecule has 1 N–H and O–H groups in total. The average Bonchev–Trinajstić information content (AvgIpc) is 2.37. The van der Waals surface area contributed by atoms with Gasteiger partial charge in [-0.3, -0.25) is 5.32 Å². The minimum absolute atomic E-state index is 0.439. The summed E-state index contributed by atoms with van der Waals surface area (Å²) in [4.78, 5) is 2.11. The summed E-state index contributed by atoms with van der Waals surface area (Å²) in [6, 6.07) is 12.7. The van der Waals surface area contributed by atoms with Gasteiger partial charge in [0.1, 0.15) is 5.54 Å². The summed E-state index contributed by atoms with van der Waals surface area (Å²) in [5, 5.41) is 12.6. The molecule has 1 unspecified atom stereocenters. The fourth-order valence-corrected chi connectivity index (χ4v) is 1.78. The zero-order valence-corrected chi connectivity index (χ0v) is 11.6. The Labute approximate surface area is 110 Å². The van der Waals surface area contributed by atoms with Crippen LogP contribution in [0.3, 0.4) is 0 Å². The number of aryl methyl sites for hydroxylation is 1. The molecule has 3 nitrogen and oxygen atoms in total. The Morgan fingerprint density at radius 2 is 1.94 bits per heavy atom. The smallest absolute Gasteiger partial charge is 0.104 e. The van der Waals surface area contributed by atoms with Gasteiger partial charge in [-0.05, 0) is 39.4 Å². The highest BCUT2D eigenvalue weighted by Crippen LogP contribution is 2.13. The molecule has 1 aromatic rings. The van der Waals surface area contributed by atoms with Gasteiger partial charge in [0.15, 0.2) is 0 Å². The first-order valence-electron chi connectivity index (χ1n) is 6.41. The fraction of sp³-hybridized carbons (Fsp3) is 0.533. The van der Waals surface area contributed by atoms with Crippen molar-refractivity contribution in [2.45, 2.75) is 25.3 Å². The highest BCUT2D eigenvalue weighted by Gasteiger charge is 2.22. The number of hydrogen-bond donors (Lipinski definition) is 1. The lowest BCUT2D eigenvalue weighted by molar-refractivity contribution is 0.353. The third-order valence-electron chi connectivity index (χ3n) is 3.08. The highest BCUT2D eigenvalue weighted by molar-refractivity contribution is 5.16. The Morgan fingerprint density at radius 1 is 1.28 bits per heavy atom. The van der Waals surface area contributed by atoms with E-state index in [4.69, 9.17) is 0 Å². The van der Waals surface area contributed by atoms with Gasteiger partial charge in [0, 0.05) is 13.1 Å². The Morgan fingerprint density at radius 3 is 2.50 bits per heavy atom. The van der Waals surface area contributed by atoms with Gasteiger partial charge in [-0.1, -0.05) is 30.3 Å². The van der Waals surface area contributed by atoms with E-state index in [-0.39, 0.29) is 0 Å². The molecule has 18 heavy (non-hydrogen) atoms. The van der Waals surface area contributed by atoms with Gasteiger partial charge >= 0.3 is 0 Å². The lowest BCUT2D eigenvalue weighted by Gasteiger charge is -2.24. The lowest BCUT2D eigenvalue weighted by atomic mass is 9.94. The minimum atomic E-state index is -0.439. The molecule has 1 atom stereocenters. The first-order valence-corrected chi connectivity index (χ1v) is 6.41. The fourth-order valence-electron chi connectivity index (χ4n) is 1.78. The van der Waals surface area contributed by atoms with Crippen molar-refractivity contribution in [3.63, 3.8) is 0 Å². The van der Waals surface area contributed by atoms with E-state index in [1.807, 2.05) is 39.2 Å². The second-order valence-electron chi connectivity index (χ2n) is 5.16. The number of rotatable bonds is 7. The first-order chi connectivity index (χ1) is 8.56. The molecule has 0 fully saturated rings. The van der Waals surface area contributed by atoms with Gasteiger partial charge in [-0.15, -0.1) is 0 Å². The second-order valence-corrected chi connectivity index (χ2v) is 5.16. The monoisotopic (exact) mass is 245 g/mol. The number of nitrogens with zero attached hydrogens (tertiary/aromatic N) is 2. The van der Waals surface area contributed by atoms with Gasteiger partial charge in [-0.25, -0.2) is 0 Å². The average molecular weight is 245 g/mol. The topological polar surface area (TPSA) is 39.1 Å². The zero-order chi connectivity index (χ0) is 13.4. The number of likely N-dealkylation sites (N-methyl/N-ethyl adjacent to an activating group) is 1. The molecule has 0 aliphatic heterocycles. The van der Waals surface area contributed by atoms with Crippen LogP contribution in [0.2, 0.25) is 0 Å². The van der Waals surface area contributed by atoms with Crippen molar-refractivity contribution in [3.05, 3.63) is 35.9 Å². The van der Waals surface area contributed by atoms with Crippen molar-refractivity contribution < 1.29 is 0 Å². The van der Waals surface area contributed by atoms with Crippen molar-refractivity contribution in [3.8, 4) is 6.07 Å². The minimum Gasteiger partial charge on any atom is -0.308 e. The second kappa shape index (κ2) is 7.15. The van der Waals surface area contributed by atoms with Gasteiger partial charge in [0.2, 0.25) is 0 Å². The molecular weight excluding hydrogens is 222 g/mol. The van der Waals surface area contributed by atoms with Crippen LogP contribution in [0.5, 0.6) is 0 Å². The molecule has 0 aliphatic carbocycles. The normalized spacial score (nSPS) is 14.2. The van der Waals surface area contributed by atoms with Crippen LogP contribution in [0.25, 0.3) is 0 Å². The summed E-state index contributed by atoms with van der Waals surface area (Å²) in [6.07, 6.45) is 1.76. The maximum Gasteiger partial charge on any atom is 0.104 e. The molecule has 0 spiro atoms. The van der Waals surface area contributed by atoms with E-state index in [1.54, 1.807) is 0 Å². The number of benzene rings is 1. The van der Waals surface area contributed by atoms with Crippen molar-refractivity contribution in [1.82, 2.24) is 10.2 Å². The Kier molecular flexibility index (Phi) is 5.84. The van der Waals surface area contributed by atoms with Gasteiger partial charge in [-0.2, -0.15) is 5.26 Å². The Hall–Kier alpha value is -1.37. The van der Waals surface area contributed by atoms with Gasteiger partial charge in [0.25, 0.3) is 0 Å². The number of nitrogens with one attached hydrogen (secondary N) is 1. The maximum atomic E-state index is 9.30. The maximum absolute atomic E-state index is 9.30. The molecule has 0 saturated carbocycles. The summed E-state index contributed by atoms with van der Waals surface area (Å²) in [7, 11) is 4.07. The quantitative estimate of drug-likeness (QED) is 0.799. The van der Waals surface area contributed by atoms with Crippen LogP contribution in [0.1, 0.15) is 18.9 Å². The molecular formula is C15H23N3. The van der Waals surface area contributed by atoms with E-state index in [2.05, 4.69) is 28.4 Å².